The largest absolute Gasteiger partial charge is 0.365 e. The molecule has 0 aromatic rings. The maximum atomic E-state index is 12.1. The Balaban J connectivity index is 2.11. The maximum Gasteiger partial charge on any atom is 0.259 e. The van der Waals surface area contributed by atoms with Gasteiger partial charge in [0, 0.05) is 11.0 Å². The van der Waals surface area contributed by atoms with Crippen LogP contribution in [0, 0.1) is 34.5 Å². The molecule has 4 saturated carbocycles. The second-order valence-electron chi connectivity index (χ2n) is 6.98. The van der Waals surface area contributed by atoms with E-state index >= 15 is 0 Å². The van der Waals surface area contributed by atoms with Gasteiger partial charge in [-0.15, -0.1) is 0 Å². The van der Waals surface area contributed by atoms with Gasteiger partial charge in [0.05, 0.1) is 0 Å². The molecule has 20 heavy (non-hydrogen) atoms. The van der Waals surface area contributed by atoms with Gasteiger partial charge in [0.25, 0.3) is 5.91 Å². The van der Waals surface area contributed by atoms with Crippen molar-refractivity contribution in [2.24, 2.45) is 28.9 Å². The third-order valence-corrected chi connectivity index (χ3v) is 5.53. The number of nitrogens with two attached hydrogens (primary N) is 1. The molecular formula is C16H20N2O2. The fourth-order valence-electron chi connectivity index (χ4n) is 5.47. The lowest BCUT2D eigenvalue weighted by Gasteiger charge is -2.57. The summed E-state index contributed by atoms with van der Waals surface area (Å²) in [5.41, 5.74) is 5.42. The normalized spacial score (nSPS) is 39.1. The number of Topliss-reactive ketones (excluding diaryl/α,β-unsaturated/α-hetero) is 1. The number of hydrogen-bond donors (Lipinski definition) is 1. The molecule has 4 heteroatoms. The Morgan fingerprint density at radius 1 is 1.10 bits per heavy atom. The number of ketones is 1. The SMILES string of the molecule is CC(=O)/C(=C(/C#N)C(N)=O)C12CC3CC(CC(C3)C1)C2. The van der Waals surface area contributed by atoms with E-state index < -0.39 is 5.91 Å². The van der Waals surface area contributed by atoms with E-state index in [1.807, 2.05) is 6.07 Å². The minimum Gasteiger partial charge on any atom is -0.365 e. The van der Waals surface area contributed by atoms with Gasteiger partial charge in [-0.05, 0) is 63.2 Å². The molecule has 4 bridgehead atoms. The highest BCUT2D eigenvalue weighted by Gasteiger charge is 2.54. The standard InChI is InChI=1S/C16H20N2O2/c1-9(19)14(13(8-17)15(18)20)16-5-10-2-11(6-16)4-12(3-10)7-16/h10-12H,2-7H2,1H3,(H2,18,20)/b14-13+. The number of nitrogens with zero attached hydrogens (tertiary/aromatic N) is 1. The predicted molar refractivity (Wildman–Crippen MR) is 73.1 cm³/mol. The van der Waals surface area contributed by atoms with Gasteiger partial charge in [0.2, 0.25) is 0 Å². The third-order valence-electron chi connectivity index (χ3n) is 5.53. The van der Waals surface area contributed by atoms with E-state index in [0.717, 1.165) is 19.3 Å². The van der Waals surface area contributed by atoms with Gasteiger partial charge < -0.3 is 5.73 Å². The number of hydrogen-bond acceptors (Lipinski definition) is 3. The van der Waals surface area contributed by atoms with Crippen LogP contribution in [0.4, 0.5) is 0 Å². The fourth-order valence-corrected chi connectivity index (χ4v) is 5.47. The lowest BCUT2D eigenvalue weighted by atomic mass is 9.47. The maximum absolute atomic E-state index is 12.1. The molecule has 0 spiro atoms. The summed E-state index contributed by atoms with van der Waals surface area (Å²) in [5, 5.41) is 9.26. The molecular weight excluding hydrogens is 252 g/mol. The van der Waals surface area contributed by atoms with Crippen LogP contribution in [0.2, 0.25) is 0 Å². The van der Waals surface area contributed by atoms with Crippen molar-refractivity contribution < 1.29 is 9.59 Å². The average Bonchev–Trinajstić information content (AvgIpc) is 2.32. The molecule has 106 valence electrons. The van der Waals surface area contributed by atoms with Gasteiger partial charge in [-0.2, -0.15) is 5.26 Å². The van der Waals surface area contributed by atoms with Crippen LogP contribution >= 0.6 is 0 Å². The highest BCUT2D eigenvalue weighted by molar-refractivity contribution is 6.07. The lowest BCUT2D eigenvalue weighted by molar-refractivity contribution is -0.119. The van der Waals surface area contributed by atoms with E-state index in [0.29, 0.717) is 23.3 Å². The Hall–Kier alpha value is -1.63. The lowest BCUT2D eigenvalue weighted by Crippen LogP contribution is -2.48. The van der Waals surface area contributed by atoms with Crippen molar-refractivity contribution in [3.8, 4) is 6.07 Å². The van der Waals surface area contributed by atoms with Gasteiger partial charge >= 0.3 is 0 Å². The molecule has 4 aliphatic carbocycles. The number of primary amides is 1. The van der Waals surface area contributed by atoms with E-state index in [1.165, 1.54) is 26.2 Å². The van der Waals surface area contributed by atoms with Crippen LogP contribution in [0.5, 0.6) is 0 Å². The topological polar surface area (TPSA) is 83.9 Å². The van der Waals surface area contributed by atoms with Crippen LogP contribution in [0.3, 0.4) is 0 Å². The van der Waals surface area contributed by atoms with Crippen molar-refractivity contribution in [2.75, 3.05) is 0 Å². The Labute approximate surface area is 119 Å². The minimum absolute atomic E-state index is 0.0977. The fraction of sp³-hybridized carbons (Fsp3) is 0.688. The summed E-state index contributed by atoms with van der Waals surface area (Å²) < 4.78 is 0. The zero-order valence-corrected chi connectivity index (χ0v) is 11.8. The summed E-state index contributed by atoms with van der Waals surface area (Å²) in [4.78, 5) is 23.7. The molecule has 1 amide bonds. The first-order valence-corrected chi connectivity index (χ1v) is 7.41. The van der Waals surface area contributed by atoms with E-state index in [2.05, 4.69) is 0 Å². The van der Waals surface area contributed by atoms with Crippen LogP contribution in [-0.4, -0.2) is 11.7 Å². The molecule has 4 rings (SSSR count). The molecule has 0 radical (unpaired) electrons. The van der Waals surface area contributed by atoms with Gasteiger partial charge in [-0.1, -0.05) is 0 Å². The van der Waals surface area contributed by atoms with Crippen molar-refractivity contribution in [3.63, 3.8) is 0 Å². The molecule has 4 aliphatic rings. The Morgan fingerprint density at radius 3 is 1.85 bits per heavy atom. The molecule has 4 fully saturated rings. The van der Waals surface area contributed by atoms with Crippen LogP contribution in [0.15, 0.2) is 11.1 Å². The van der Waals surface area contributed by atoms with Crippen LogP contribution < -0.4 is 5.73 Å². The summed E-state index contributed by atoms with van der Waals surface area (Å²) in [6.45, 7) is 1.47. The van der Waals surface area contributed by atoms with Gasteiger partial charge in [0.15, 0.2) is 5.78 Å². The minimum atomic E-state index is -0.756. The van der Waals surface area contributed by atoms with E-state index in [1.54, 1.807) is 0 Å². The second-order valence-corrected chi connectivity index (χ2v) is 6.98. The summed E-state index contributed by atoms with van der Waals surface area (Å²) in [5.74, 6) is 1.06. The Bertz CT molecular complexity index is 518. The molecule has 2 N–H and O–H groups in total. The second kappa shape index (κ2) is 4.44. The first-order valence-electron chi connectivity index (χ1n) is 7.41. The zero-order valence-electron chi connectivity index (χ0n) is 11.8. The quantitative estimate of drug-likeness (QED) is 0.630. The van der Waals surface area contributed by atoms with E-state index in [-0.39, 0.29) is 16.8 Å². The van der Waals surface area contributed by atoms with Crippen LogP contribution in [-0.2, 0) is 9.59 Å². The van der Waals surface area contributed by atoms with Gasteiger partial charge in [-0.3, -0.25) is 9.59 Å². The molecule has 0 aromatic carbocycles. The molecule has 4 nitrogen and oxygen atoms in total. The molecule has 0 aliphatic heterocycles. The van der Waals surface area contributed by atoms with Crippen molar-refractivity contribution in [1.29, 1.82) is 5.26 Å². The van der Waals surface area contributed by atoms with Crippen molar-refractivity contribution in [2.45, 2.75) is 45.4 Å². The highest BCUT2D eigenvalue weighted by atomic mass is 16.1. The summed E-state index contributed by atoms with van der Waals surface area (Å²) in [6, 6.07) is 1.89. The molecule has 0 atom stereocenters. The summed E-state index contributed by atoms with van der Waals surface area (Å²) in [7, 11) is 0. The molecule has 0 aromatic heterocycles. The van der Waals surface area contributed by atoms with Gasteiger partial charge in [-0.25, -0.2) is 0 Å². The molecule has 0 heterocycles. The number of carbonyl (C=O) groups is 2. The molecule has 0 unspecified atom stereocenters. The summed E-state index contributed by atoms with van der Waals surface area (Å²) >= 11 is 0. The number of carbonyl (C=O) groups excluding carboxylic acids is 2. The zero-order chi connectivity index (χ0) is 14.5. The van der Waals surface area contributed by atoms with Crippen LogP contribution in [0.25, 0.3) is 0 Å². The average molecular weight is 272 g/mol. The smallest absolute Gasteiger partial charge is 0.259 e. The number of amides is 1. The summed E-state index contributed by atoms with van der Waals surface area (Å²) in [6.07, 6.45) is 6.61. The highest BCUT2D eigenvalue weighted by Crippen LogP contribution is 2.63. The van der Waals surface area contributed by atoms with Crippen molar-refractivity contribution in [1.82, 2.24) is 0 Å². The predicted octanol–water partition coefficient (Wildman–Crippen LogP) is 2.10. The first-order chi connectivity index (χ1) is 9.45. The van der Waals surface area contributed by atoms with Crippen LogP contribution in [0.1, 0.15) is 45.4 Å². The molecule has 0 saturated heterocycles. The Morgan fingerprint density at radius 2 is 1.55 bits per heavy atom. The number of allylic oxidation sites excluding steroid dienone is 1. The van der Waals surface area contributed by atoms with Crippen molar-refractivity contribution in [3.05, 3.63) is 11.1 Å². The monoisotopic (exact) mass is 272 g/mol. The first kappa shape index (κ1) is 13.4. The van der Waals surface area contributed by atoms with Gasteiger partial charge in [0.1, 0.15) is 11.6 Å². The van der Waals surface area contributed by atoms with E-state index in [9.17, 15) is 14.9 Å². The number of nitriles is 1. The van der Waals surface area contributed by atoms with Crippen molar-refractivity contribution >= 4 is 11.7 Å². The third kappa shape index (κ3) is 1.88. The number of rotatable bonds is 3. The van der Waals surface area contributed by atoms with E-state index in [4.69, 9.17) is 5.73 Å². The Kier molecular flexibility index (Phi) is 2.97.